The van der Waals surface area contributed by atoms with Crippen molar-refractivity contribution >= 4 is 18.3 Å². The maximum Gasteiger partial charge on any atom is 0.234 e. The summed E-state index contributed by atoms with van der Waals surface area (Å²) in [5, 5.41) is 10.4. The summed E-state index contributed by atoms with van der Waals surface area (Å²) in [4.78, 5) is 11.6. The average Bonchev–Trinajstić information content (AvgIpc) is 2.80. The van der Waals surface area contributed by atoms with E-state index in [9.17, 15) is 4.79 Å². The van der Waals surface area contributed by atoms with Crippen LogP contribution in [0.2, 0.25) is 0 Å². The van der Waals surface area contributed by atoms with Gasteiger partial charge in [-0.15, -0.1) is 12.4 Å². The number of nitrogens with zero attached hydrogens (tertiary/aromatic N) is 2. The van der Waals surface area contributed by atoms with E-state index in [1.54, 1.807) is 7.05 Å². The summed E-state index contributed by atoms with van der Waals surface area (Å²) in [5.74, 6) is 0.00694. The zero-order valence-corrected chi connectivity index (χ0v) is 14.0. The second kappa shape index (κ2) is 8.56. The van der Waals surface area contributed by atoms with Crippen molar-refractivity contribution in [2.24, 2.45) is 0 Å². The van der Waals surface area contributed by atoms with Gasteiger partial charge in [0.1, 0.15) is 0 Å². The normalized spacial score (nSPS) is 11.6. The number of carbonyl (C=O) groups excluding carboxylic acids is 1. The van der Waals surface area contributed by atoms with Gasteiger partial charge >= 0.3 is 0 Å². The molecule has 0 bridgehead atoms. The Morgan fingerprint density at radius 1 is 1.32 bits per heavy atom. The number of para-hydroxylation sites is 1. The van der Waals surface area contributed by atoms with Crippen LogP contribution < -0.4 is 10.6 Å². The Kier molecular flexibility index (Phi) is 7.08. The highest BCUT2D eigenvalue weighted by molar-refractivity contribution is 5.85. The van der Waals surface area contributed by atoms with Gasteiger partial charge in [0.2, 0.25) is 5.91 Å². The molecule has 6 heteroatoms. The molecule has 0 saturated heterocycles. The highest BCUT2D eigenvalue weighted by atomic mass is 35.5. The van der Waals surface area contributed by atoms with Gasteiger partial charge in [0.05, 0.1) is 17.9 Å². The molecule has 0 aliphatic rings. The third kappa shape index (κ3) is 4.86. The SMILES string of the molecule is CNCC(=O)NC(C)Cc1cc(C)nn1-c1ccccc1.Cl. The molecule has 1 heterocycles. The fraction of sp³-hybridized carbons (Fsp3) is 0.375. The van der Waals surface area contributed by atoms with Gasteiger partial charge < -0.3 is 10.6 Å². The lowest BCUT2D eigenvalue weighted by Gasteiger charge is -2.15. The van der Waals surface area contributed by atoms with Crippen LogP contribution in [0.5, 0.6) is 0 Å². The first-order chi connectivity index (χ1) is 10.1. The number of benzene rings is 1. The zero-order valence-electron chi connectivity index (χ0n) is 13.2. The lowest BCUT2D eigenvalue weighted by Crippen LogP contribution is -2.39. The van der Waals surface area contributed by atoms with Crippen LogP contribution in [0.4, 0.5) is 0 Å². The van der Waals surface area contributed by atoms with Gasteiger partial charge in [-0.3, -0.25) is 4.79 Å². The van der Waals surface area contributed by atoms with E-state index in [2.05, 4.69) is 21.8 Å². The molecule has 22 heavy (non-hydrogen) atoms. The van der Waals surface area contributed by atoms with Crippen molar-refractivity contribution in [1.82, 2.24) is 20.4 Å². The van der Waals surface area contributed by atoms with Crippen LogP contribution in [-0.2, 0) is 11.2 Å². The van der Waals surface area contributed by atoms with Crippen LogP contribution in [0.15, 0.2) is 36.4 Å². The summed E-state index contributed by atoms with van der Waals surface area (Å²) in [6, 6.07) is 12.2. The standard InChI is InChI=1S/C16H22N4O.ClH/c1-12(18-16(21)11-17-3)9-15-10-13(2)19-20(15)14-7-5-4-6-8-14;/h4-8,10,12,17H,9,11H2,1-3H3,(H,18,21);1H. The van der Waals surface area contributed by atoms with Gasteiger partial charge in [0.15, 0.2) is 0 Å². The highest BCUT2D eigenvalue weighted by Crippen LogP contribution is 2.14. The number of carbonyl (C=O) groups is 1. The van der Waals surface area contributed by atoms with Gasteiger partial charge in [-0.2, -0.15) is 5.10 Å². The molecule has 0 aliphatic carbocycles. The summed E-state index contributed by atoms with van der Waals surface area (Å²) in [5.41, 5.74) is 3.10. The van der Waals surface area contributed by atoms with Crippen molar-refractivity contribution in [1.29, 1.82) is 0 Å². The molecule has 2 rings (SSSR count). The number of rotatable bonds is 6. The minimum atomic E-state index is 0. The number of likely N-dealkylation sites (N-methyl/N-ethyl adjacent to an activating group) is 1. The number of hydrogen-bond donors (Lipinski definition) is 2. The average molecular weight is 323 g/mol. The van der Waals surface area contributed by atoms with E-state index in [4.69, 9.17) is 0 Å². The maximum absolute atomic E-state index is 11.6. The Labute approximate surface area is 137 Å². The van der Waals surface area contributed by atoms with Crippen molar-refractivity contribution in [3.63, 3.8) is 0 Å². The molecule has 0 aliphatic heterocycles. The Hall–Kier alpha value is -1.85. The Balaban J connectivity index is 0.00000242. The lowest BCUT2D eigenvalue weighted by molar-refractivity contribution is -0.120. The van der Waals surface area contributed by atoms with Crippen LogP contribution in [0.1, 0.15) is 18.3 Å². The molecule has 1 atom stereocenters. The smallest absolute Gasteiger partial charge is 0.234 e. The van der Waals surface area contributed by atoms with Gasteiger partial charge in [-0.05, 0) is 39.1 Å². The molecule has 1 amide bonds. The first-order valence-corrected chi connectivity index (χ1v) is 7.15. The molecule has 0 spiro atoms. The molecule has 0 radical (unpaired) electrons. The second-order valence-electron chi connectivity index (χ2n) is 5.23. The van der Waals surface area contributed by atoms with Crippen molar-refractivity contribution in [3.05, 3.63) is 47.8 Å². The Morgan fingerprint density at radius 3 is 2.64 bits per heavy atom. The predicted molar refractivity (Wildman–Crippen MR) is 90.8 cm³/mol. The molecular weight excluding hydrogens is 300 g/mol. The molecule has 0 saturated carbocycles. The lowest BCUT2D eigenvalue weighted by atomic mass is 10.1. The first-order valence-electron chi connectivity index (χ1n) is 7.15. The molecular formula is C16H23ClN4O. The highest BCUT2D eigenvalue weighted by Gasteiger charge is 2.13. The minimum Gasteiger partial charge on any atom is -0.352 e. The summed E-state index contributed by atoms with van der Waals surface area (Å²) in [6.07, 6.45) is 0.741. The monoisotopic (exact) mass is 322 g/mol. The number of aryl methyl sites for hydroxylation is 1. The van der Waals surface area contributed by atoms with Crippen molar-refractivity contribution in [3.8, 4) is 5.69 Å². The predicted octanol–water partition coefficient (Wildman–Crippen LogP) is 1.87. The Morgan fingerprint density at radius 2 is 2.00 bits per heavy atom. The van der Waals surface area contributed by atoms with E-state index in [1.165, 1.54) is 0 Å². The third-order valence-corrected chi connectivity index (χ3v) is 3.17. The molecule has 1 aromatic carbocycles. The number of hydrogen-bond acceptors (Lipinski definition) is 3. The van der Waals surface area contributed by atoms with E-state index in [0.29, 0.717) is 6.54 Å². The molecule has 2 aromatic rings. The van der Waals surface area contributed by atoms with Crippen LogP contribution in [0, 0.1) is 6.92 Å². The Bertz CT molecular complexity index is 597. The van der Waals surface area contributed by atoms with E-state index in [1.807, 2.05) is 48.9 Å². The topological polar surface area (TPSA) is 59.0 Å². The summed E-state index contributed by atoms with van der Waals surface area (Å²) >= 11 is 0. The first kappa shape index (κ1) is 18.2. The summed E-state index contributed by atoms with van der Waals surface area (Å²) in [7, 11) is 1.76. The third-order valence-electron chi connectivity index (χ3n) is 3.17. The van der Waals surface area contributed by atoms with Crippen LogP contribution >= 0.6 is 12.4 Å². The fourth-order valence-electron chi connectivity index (χ4n) is 2.34. The van der Waals surface area contributed by atoms with E-state index < -0.39 is 0 Å². The molecule has 0 fully saturated rings. The van der Waals surface area contributed by atoms with E-state index in [0.717, 1.165) is 23.5 Å². The molecule has 120 valence electrons. The van der Waals surface area contributed by atoms with Crippen LogP contribution in [0.25, 0.3) is 5.69 Å². The zero-order chi connectivity index (χ0) is 15.2. The summed E-state index contributed by atoms with van der Waals surface area (Å²) < 4.78 is 1.94. The largest absolute Gasteiger partial charge is 0.352 e. The molecule has 5 nitrogen and oxygen atoms in total. The fourth-order valence-corrected chi connectivity index (χ4v) is 2.34. The quantitative estimate of drug-likeness (QED) is 0.853. The second-order valence-corrected chi connectivity index (χ2v) is 5.23. The van der Waals surface area contributed by atoms with Crippen molar-refractivity contribution < 1.29 is 4.79 Å². The minimum absolute atomic E-state index is 0. The van der Waals surface area contributed by atoms with E-state index >= 15 is 0 Å². The molecule has 2 N–H and O–H groups in total. The van der Waals surface area contributed by atoms with Gasteiger partial charge in [0, 0.05) is 18.2 Å². The summed E-state index contributed by atoms with van der Waals surface area (Å²) in [6.45, 7) is 4.32. The molecule has 1 aromatic heterocycles. The van der Waals surface area contributed by atoms with Gasteiger partial charge in [-0.25, -0.2) is 4.68 Å². The van der Waals surface area contributed by atoms with Crippen molar-refractivity contribution in [2.75, 3.05) is 13.6 Å². The number of aromatic nitrogens is 2. The van der Waals surface area contributed by atoms with Crippen molar-refractivity contribution in [2.45, 2.75) is 26.3 Å². The molecule has 1 unspecified atom stereocenters. The van der Waals surface area contributed by atoms with Gasteiger partial charge in [-0.1, -0.05) is 18.2 Å². The van der Waals surface area contributed by atoms with Crippen LogP contribution in [-0.4, -0.2) is 35.3 Å². The van der Waals surface area contributed by atoms with Crippen LogP contribution in [0.3, 0.4) is 0 Å². The maximum atomic E-state index is 11.6. The number of amides is 1. The van der Waals surface area contributed by atoms with Gasteiger partial charge in [0.25, 0.3) is 0 Å². The van der Waals surface area contributed by atoms with E-state index in [-0.39, 0.29) is 24.4 Å². The number of nitrogens with one attached hydrogen (secondary N) is 2. The number of halogens is 1.